The Balaban J connectivity index is 4.12. The van der Waals surface area contributed by atoms with E-state index in [0.29, 0.717) is 0 Å². The van der Waals surface area contributed by atoms with Gasteiger partial charge in [0.25, 0.3) is 5.91 Å². The van der Waals surface area contributed by atoms with Crippen molar-refractivity contribution in [2.24, 2.45) is 0 Å². The van der Waals surface area contributed by atoms with Crippen molar-refractivity contribution < 1.29 is 32.3 Å². The molecule has 0 aliphatic heterocycles. The second kappa shape index (κ2) is 5.33. The molecule has 1 amide bonds. The van der Waals surface area contributed by atoms with Crippen LogP contribution in [0.2, 0.25) is 0 Å². The first kappa shape index (κ1) is 14.9. The van der Waals surface area contributed by atoms with Crippen molar-refractivity contribution in [1.29, 1.82) is 0 Å². The first-order valence-corrected chi connectivity index (χ1v) is 4.41. The van der Waals surface area contributed by atoms with Crippen LogP contribution < -0.4 is 5.32 Å². The molecule has 1 atom stereocenters. The fraction of sp³-hybridized carbons (Fsp3) is 0.714. The largest absolute Gasteiger partial charge is 0.481 e. The number of halogens is 5. The van der Waals surface area contributed by atoms with Crippen molar-refractivity contribution in [3.63, 3.8) is 0 Å². The van der Waals surface area contributed by atoms with Crippen LogP contribution in [0.3, 0.4) is 0 Å². The topological polar surface area (TPSA) is 66.4 Å². The highest BCUT2D eigenvalue weighted by Gasteiger charge is 2.60. The number of rotatable bonds is 5. The molecule has 0 spiro atoms. The van der Waals surface area contributed by atoms with Crippen LogP contribution in [-0.4, -0.2) is 34.8 Å². The van der Waals surface area contributed by atoms with E-state index < -0.39 is 29.7 Å². The van der Waals surface area contributed by atoms with Gasteiger partial charge in [-0.1, -0.05) is 11.6 Å². The van der Waals surface area contributed by atoms with Crippen molar-refractivity contribution >= 4 is 23.5 Å². The Morgan fingerprint density at radius 2 is 1.75 bits per heavy atom. The van der Waals surface area contributed by atoms with E-state index >= 15 is 0 Å². The van der Waals surface area contributed by atoms with Crippen molar-refractivity contribution in [1.82, 2.24) is 5.32 Å². The molecule has 0 saturated carbocycles. The first-order valence-electron chi connectivity index (χ1n) is 4.03. The molecule has 0 aliphatic rings. The smallest absolute Gasteiger partial charge is 0.446 e. The minimum atomic E-state index is -5.52. The summed E-state index contributed by atoms with van der Waals surface area (Å²) in [5.41, 5.74) is 0. The zero-order valence-electron chi connectivity index (χ0n) is 7.77. The lowest BCUT2D eigenvalue weighted by atomic mass is 10.3. The van der Waals surface area contributed by atoms with Crippen LogP contribution in [-0.2, 0) is 9.59 Å². The van der Waals surface area contributed by atoms with E-state index in [-0.39, 0.29) is 12.8 Å². The fourth-order valence-corrected chi connectivity index (χ4v) is 0.748. The molecule has 0 fully saturated rings. The number of hydrogen-bond acceptors (Lipinski definition) is 2. The number of hydrogen-bond donors (Lipinski definition) is 2. The van der Waals surface area contributed by atoms with Gasteiger partial charge < -0.3 is 10.4 Å². The molecular weight excluding hydrogens is 258 g/mol. The molecule has 94 valence electrons. The van der Waals surface area contributed by atoms with Gasteiger partial charge in [-0.05, 0) is 6.42 Å². The number of alkyl halides is 5. The SMILES string of the molecule is O=C(O)CCCNC(=O)C(F)(Cl)C(F)(F)F. The summed E-state index contributed by atoms with van der Waals surface area (Å²) in [7, 11) is 0. The maximum Gasteiger partial charge on any atom is 0.446 e. The Morgan fingerprint density at radius 3 is 2.12 bits per heavy atom. The summed E-state index contributed by atoms with van der Waals surface area (Å²) in [4.78, 5) is 20.7. The van der Waals surface area contributed by atoms with E-state index in [9.17, 15) is 27.2 Å². The lowest BCUT2D eigenvalue weighted by molar-refractivity contribution is -0.200. The summed E-state index contributed by atoms with van der Waals surface area (Å²) < 4.78 is 48.3. The maximum atomic E-state index is 12.7. The predicted molar refractivity (Wildman–Crippen MR) is 45.6 cm³/mol. The van der Waals surface area contributed by atoms with Gasteiger partial charge in [-0.3, -0.25) is 9.59 Å². The van der Waals surface area contributed by atoms with Crippen LogP contribution in [0.15, 0.2) is 0 Å². The molecular formula is C7H8ClF4NO3. The first-order chi connectivity index (χ1) is 7.09. The van der Waals surface area contributed by atoms with Gasteiger partial charge in [0.2, 0.25) is 0 Å². The molecule has 0 heterocycles. The molecule has 4 nitrogen and oxygen atoms in total. The van der Waals surface area contributed by atoms with E-state index in [2.05, 4.69) is 11.6 Å². The van der Waals surface area contributed by atoms with Crippen molar-refractivity contribution in [3.05, 3.63) is 0 Å². The fourth-order valence-electron chi connectivity index (χ4n) is 0.681. The zero-order valence-corrected chi connectivity index (χ0v) is 8.53. The lowest BCUT2D eigenvalue weighted by Crippen LogP contribution is -2.49. The minimum Gasteiger partial charge on any atom is -0.481 e. The summed E-state index contributed by atoms with van der Waals surface area (Å²) in [6.45, 7) is -0.403. The standard InChI is InChI=1S/C7H8ClF4NO3/c8-6(9,7(10,11)12)5(16)13-3-1-2-4(14)15/h1-3H2,(H,13,16)(H,14,15). The normalized spacial score (nSPS) is 15.3. The monoisotopic (exact) mass is 265 g/mol. The van der Waals surface area contributed by atoms with Gasteiger partial charge in [-0.25, -0.2) is 4.39 Å². The minimum absolute atomic E-state index is 0.119. The molecule has 0 aromatic carbocycles. The quantitative estimate of drug-likeness (QED) is 0.449. The van der Waals surface area contributed by atoms with Gasteiger partial charge in [0.1, 0.15) is 0 Å². The molecule has 0 aromatic rings. The average Bonchev–Trinajstić information content (AvgIpc) is 2.09. The molecule has 0 rings (SSSR count). The van der Waals surface area contributed by atoms with E-state index in [1.54, 1.807) is 5.32 Å². The van der Waals surface area contributed by atoms with Gasteiger partial charge in [-0.15, -0.1) is 0 Å². The lowest BCUT2D eigenvalue weighted by Gasteiger charge is -2.19. The van der Waals surface area contributed by atoms with Gasteiger partial charge in [0.15, 0.2) is 0 Å². The average molecular weight is 266 g/mol. The third-order valence-corrected chi connectivity index (χ3v) is 1.88. The number of aliphatic carboxylic acids is 1. The molecule has 1 unspecified atom stereocenters. The number of carbonyl (C=O) groups excluding carboxylic acids is 1. The highest BCUT2D eigenvalue weighted by Crippen LogP contribution is 2.37. The number of carbonyl (C=O) groups is 2. The molecule has 9 heteroatoms. The number of amides is 1. The Morgan fingerprint density at radius 1 is 1.25 bits per heavy atom. The molecule has 2 N–H and O–H groups in total. The summed E-state index contributed by atoms with van der Waals surface area (Å²) in [5, 5.41) is 5.24. The summed E-state index contributed by atoms with van der Waals surface area (Å²) in [5.74, 6) is -3.23. The summed E-state index contributed by atoms with van der Waals surface area (Å²) in [6.07, 6.45) is -5.99. The van der Waals surface area contributed by atoms with Gasteiger partial charge in [-0.2, -0.15) is 13.2 Å². The predicted octanol–water partition coefficient (Wildman–Crippen LogP) is 1.43. The number of carboxylic acid groups (broad SMARTS) is 1. The Hall–Kier alpha value is -1.05. The van der Waals surface area contributed by atoms with Crippen molar-refractivity contribution in [2.45, 2.75) is 24.1 Å². The van der Waals surface area contributed by atoms with Crippen LogP contribution >= 0.6 is 11.6 Å². The molecule has 0 radical (unpaired) electrons. The summed E-state index contributed by atoms with van der Waals surface area (Å²) in [6, 6.07) is 0. The Bertz CT molecular complexity index is 279. The Kier molecular flexibility index (Phi) is 4.98. The third kappa shape index (κ3) is 4.21. The Labute approximate surface area is 92.6 Å². The van der Waals surface area contributed by atoms with Gasteiger partial charge >= 0.3 is 17.3 Å². The number of carboxylic acids is 1. The maximum absolute atomic E-state index is 12.7. The van der Waals surface area contributed by atoms with Crippen LogP contribution in [0, 0.1) is 0 Å². The molecule has 0 saturated heterocycles. The molecule has 0 aliphatic carbocycles. The second-order valence-electron chi connectivity index (χ2n) is 2.83. The molecule has 0 aromatic heterocycles. The van der Waals surface area contributed by atoms with E-state index in [4.69, 9.17) is 5.11 Å². The highest BCUT2D eigenvalue weighted by atomic mass is 35.5. The van der Waals surface area contributed by atoms with E-state index in [1.165, 1.54) is 0 Å². The summed E-state index contributed by atoms with van der Waals surface area (Å²) >= 11 is 4.38. The van der Waals surface area contributed by atoms with Gasteiger partial charge in [0, 0.05) is 13.0 Å². The van der Waals surface area contributed by atoms with Crippen LogP contribution in [0.25, 0.3) is 0 Å². The third-order valence-electron chi connectivity index (χ3n) is 1.49. The van der Waals surface area contributed by atoms with Gasteiger partial charge in [0.05, 0.1) is 0 Å². The van der Waals surface area contributed by atoms with Crippen LogP contribution in [0.1, 0.15) is 12.8 Å². The van der Waals surface area contributed by atoms with Crippen molar-refractivity contribution in [3.8, 4) is 0 Å². The van der Waals surface area contributed by atoms with Crippen molar-refractivity contribution in [2.75, 3.05) is 6.54 Å². The van der Waals surface area contributed by atoms with Crippen LogP contribution in [0.4, 0.5) is 17.6 Å². The number of nitrogens with one attached hydrogen (secondary N) is 1. The van der Waals surface area contributed by atoms with E-state index in [1.807, 2.05) is 0 Å². The van der Waals surface area contributed by atoms with Crippen LogP contribution in [0.5, 0.6) is 0 Å². The zero-order chi connectivity index (χ0) is 13.0. The van der Waals surface area contributed by atoms with E-state index in [0.717, 1.165) is 0 Å². The molecule has 0 bridgehead atoms. The molecule has 16 heavy (non-hydrogen) atoms. The second-order valence-corrected chi connectivity index (χ2v) is 3.35. The highest BCUT2D eigenvalue weighted by molar-refractivity contribution is 6.34.